The lowest BCUT2D eigenvalue weighted by Gasteiger charge is -2.08. The molecule has 8 nitrogen and oxygen atoms in total. The highest BCUT2D eigenvalue weighted by Crippen LogP contribution is 2.27. The van der Waals surface area contributed by atoms with Crippen LogP contribution < -0.4 is 14.8 Å². The van der Waals surface area contributed by atoms with E-state index in [1.54, 1.807) is 18.2 Å². The summed E-state index contributed by atoms with van der Waals surface area (Å²) in [7, 11) is 3.02. The van der Waals surface area contributed by atoms with Gasteiger partial charge in [0, 0.05) is 5.56 Å². The molecular weight excluding hydrogens is 238 g/mol. The van der Waals surface area contributed by atoms with Gasteiger partial charge in [0.25, 0.3) is 11.9 Å². The lowest BCUT2D eigenvalue weighted by atomic mass is 10.2. The van der Waals surface area contributed by atoms with Gasteiger partial charge >= 0.3 is 0 Å². The summed E-state index contributed by atoms with van der Waals surface area (Å²) in [5, 5.41) is 15.3. The molecule has 0 aliphatic heterocycles. The Morgan fingerprint density at radius 2 is 2.06 bits per heavy atom. The quantitative estimate of drug-likeness (QED) is 0.816. The maximum atomic E-state index is 11.9. The molecule has 1 heterocycles. The van der Waals surface area contributed by atoms with Gasteiger partial charge in [-0.3, -0.25) is 10.1 Å². The number of hydrogen-bond acceptors (Lipinski definition) is 6. The molecule has 0 atom stereocenters. The van der Waals surface area contributed by atoms with Crippen molar-refractivity contribution in [1.82, 2.24) is 20.6 Å². The van der Waals surface area contributed by atoms with Crippen molar-refractivity contribution >= 4 is 11.9 Å². The van der Waals surface area contributed by atoms with Crippen LogP contribution in [0.3, 0.4) is 0 Å². The Kier molecular flexibility index (Phi) is 3.37. The van der Waals surface area contributed by atoms with Crippen LogP contribution >= 0.6 is 0 Å². The second kappa shape index (κ2) is 5.13. The first-order valence-electron chi connectivity index (χ1n) is 5.01. The molecule has 18 heavy (non-hydrogen) atoms. The number of amides is 1. The van der Waals surface area contributed by atoms with Gasteiger partial charge in [-0.05, 0) is 23.4 Å². The van der Waals surface area contributed by atoms with E-state index in [9.17, 15) is 4.79 Å². The summed E-state index contributed by atoms with van der Waals surface area (Å²) >= 11 is 0. The first kappa shape index (κ1) is 11.8. The molecule has 1 aromatic carbocycles. The van der Waals surface area contributed by atoms with Crippen molar-refractivity contribution in [1.29, 1.82) is 0 Å². The normalized spacial score (nSPS) is 9.89. The Morgan fingerprint density at radius 3 is 2.67 bits per heavy atom. The van der Waals surface area contributed by atoms with E-state index in [1.165, 1.54) is 14.2 Å². The van der Waals surface area contributed by atoms with Gasteiger partial charge in [-0.25, -0.2) is 0 Å². The zero-order chi connectivity index (χ0) is 13.0. The number of ether oxygens (including phenoxy) is 2. The number of carbonyl (C=O) groups is 1. The molecule has 2 N–H and O–H groups in total. The van der Waals surface area contributed by atoms with E-state index in [0.29, 0.717) is 17.1 Å². The summed E-state index contributed by atoms with van der Waals surface area (Å²) in [4.78, 5) is 11.9. The van der Waals surface area contributed by atoms with Gasteiger partial charge in [-0.1, -0.05) is 5.10 Å². The maximum Gasteiger partial charge on any atom is 0.270 e. The Balaban J connectivity index is 2.20. The van der Waals surface area contributed by atoms with Gasteiger partial charge in [0.2, 0.25) is 0 Å². The SMILES string of the molecule is COc1ccc(C(=O)Nc2nn[nH]n2)cc1OC. The third-order valence-electron chi connectivity index (χ3n) is 2.22. The number of H-pyrrole nitrogens is 1. The molecule has 1 aromatic heterocycles. The van der Waals surface area contributed by atoms with Crippen molar-refractivity contribution in [2.75, 3.05) is 19.5 Å². The number of methoxy groups -OCH3 is 2. The number of aromatic nitrogens is 4. The second-order valence-corrected chi connectivity index (χ2v) is 3.26. The minimum Gasteiger partial charge on any atom is -0.493 e. The summed E-state index contributed by atoms with van der Waals surface area (Å²) < 4.78 is 10.2. The van der Waals surface area contributed by atoms with E-state index < -0.39 is 0 Å². The van der Waals surface area contributed by atoms with Crippen molar-refractivity contribution in [3.05, 3.63) is 23.8 Å². The smallest absolute Gasteiger partial charge is 0.270 e. The van der Waals surface area contributed by atoms with Crippen LogP contribution in [0.15, 0.2) is 18.2 Å². The van der Waals surface area contributed by atoms with Crippen LogP contribution in [0.4, 0.5) is 5.95 Å². The number of aromatic amines is 1. The van der Waals surface area contributed by atoms with Crippen molar-refractivity contribution < 1.29 is 14.3 Å². The Labute approximate surface area is 102 Å². The first-order valence-corrected chi connectivity index (χ1v) is 5.01. The third-order valence-corrected chi connectivity index (χ3v) is 2.22. The van der Waals surface area contributed by atoms with Crippen LogP contribution in [0.5, 0.6) is 11.5 Å². The van der Waals surface area contributed by atoms with Crippen LogP contribution in [-0.2, 0) is 0 Å². The van der Waals surface area contributed by atoms with Crippen LogP contribution in [0.2, 0.25) is 0 Å². The van der Waals surface area contributed by atoms with E-state index in [2.05, 4.69) is 25.9 Å². The van der Waals surface area contributed by atoms with Crippen molar-refractivity contribution in [2.45, 2.75) is 0 Å². The van der Waals surface area contributed by atoms with Gasteiger partial charge in [0.1, 0.15) is 0 Å². The molecule has 0 aliphatic carbocycles. The number of tetrazole rings is 1. The molecule has 94 valence electrons. The average molecular weight is 249 g/mol. The fraction of sp³-hybridized carbons (Fsp3) is 0.200. The number of nitrogens with one attached hydrogen (secondary N) is 2. The van der Waals surface area contributed by atoms with E-state index in [0.717, 1.165) is 0 Å². The topological polar surface area (TPSA) is 102 Å². The molecule has 0 fully saturated rings. The lowest BCUT2D eigenvalue weighted by Crippen LogP contribution is -2.13. The van der Waals surface area contributed by atoms with E-state index in [1.807, 2.05) is 0 Å². The van der Waals surface area contributed by atoms with Crippen LogP contribution in [0.25, 0.3) is 0 Å². The molecule has 0 bridgehead atoms. The molecule has 0 aliphatic rings. The van der Waals surface area contributed by atoms with Crippen molar-refractivity contribution in [3.8, 4) is 11.5 Å². The number of benzene rings is 1. The number of rotatable bonds is 4. The van der Waals surface area contributed by atoms with Crippen molar-refractivity contribution in [3.63, 3.8) is 0 Å². The van der Waals surface area contributed by atoms with E-state index >= 15 is 0 Å². The second-order valence-electron chi connectivity index (χ2n) is 3.26. The molecule has 0 unspecified atom stereocenters. The molecular formula is C10H11N5O3. The fourth-order valence-electron chi connectivity index (χ4n) is 1.37. The number of carbonyl (C=O) groups excluding carboxylic acids is 1. The van der Waals surface area contributed by atoms with Crippen LogP contribution in [0.1, 0.15) is 10.4 Å². The van der Waals surface area contributed by atoms with Crippen LogP contribution in [0, 0.1) is 0 Å². The predicted molar refractivity (Wildman–Crippen MR) is 61.7 cm³/mol. The third kappa shape index (κ3) is 2.37. The Bertz CT molecular complexity index is 540. The summed E-state index contributed by atoms with van der Waals surface area (Å²) in [6, 6.07) is 4.81. The Hall–Kier alpha value is -2.64. The highest BCUT2D eigenvalue weighted by Gasteiger charge is 2.12. The number of anilines is 1. The van der Waals surface area contributed by atoms with Gasteiger partial charge in [0.05, 0.1) is 14.2 Å². The molecule has 0 radical (unpaired) electrons. The Morgan fingerprint density at radius 1 is 1.28 bits per heavy atom. The highest BCUT2D eigenvalue weighted by molar-refractivity contribution is 6.03. The molecule has 0 saturated carbocycles. The van der Waals surface area contributed by atoms with Gasteiger partial charge < -0.3 is 9.47 Å². The largest absolute Gasteiger partial charge is 0.493 e. The van der Waals surface area contributed by atoms with Gasteiger partial charge in [0.15, 0.2) is 11.5 Å². The van der Waals surface area contributed by atoms with Crippen molar-refractivity contribution in [2.24, 2.45) is 0 Å². The number of hydrogen-bond donors (Lipinski definition) is 2. The summed E-state index contributed by atoms with van der Waals surface area (Å²) in [6.45, 7) is 0. The first-order chi connectivity index (χ1) is 8.74. The summed E-state index contributed by atoms with van der Waals surface area (Å²) in [5.74, 6) is 0.763. The van der Waals surface area contributed by atoms with E-state index in [-0.39, 0.29) is 11.9 Å². The highest BCUT2D eigenvalue weighted by atomic mass is 16.5. The monoisotopic (exact) mass is 249 g/mol. The molecule has 2 aromatic rings. The fourth-order valence-corrected chi connectivity index (χ4v) is 1.37. The summed E-state index contributed by atoms with van der Waals surface area (Å²) in [6.07, 6.45) is 0. The standard InChI is InChI=1S/C10H11N5O3/c1-17-7-4-3-6(5-8(7)18-2)9(16)11-10-12-14-15-13-10/h3-5H,1-2H3,(H2,11,12,13,14,15,16). The predicted octanol–water partition coefficient (Wildman–Crippen LogP) is 0.469. The zero-order valence-electron chi connectivity index (χ0n) is 9.80. The molecule has 0 saturated heterocycles. The lowest BCUT2D eigenvalue weighted by molar-refractivity contribution is 0.102. The minimum absolute atomic E-state index is 0.106. The van der Waals surface area contributed by atoms with Gasteiger partial charge in [-0.15, -0.1) is 5.10 Å². The minimum atomic E-state index is -0.364. The van der Waals surface area contributed by atoms with Crippen LogP contribution in [-0.4, -0.2) is 40.8 Å². The molecule has 2 rings (SSSR count). The number of nitrogens with zero attached hydrogens (tertiary/aromatic N) is 3. The maximum absolute atomic E-state index is 11.9. The van der Waals surface area contributed by atoms with Gasteiger partial charge in [-0.2, -0.15) is 5.21 Å². The summed E-state index contributed by atoms with van der Waals surface area (Å²) in [5.41, 5.74) is 0.400. The molecule has 0 spiro atoms. The average Bonchev–Trinajstić information content (AvgIpc) is 2.90. The van der Waals surface area contributed by atoms with E-state index in [4.69, 9.17) is 9.47 Å². The molecule has 8 heteroatoms. The zero-order valence-corrected chi connectivity index (χ0v) is 9.80. The molecule has 1 amide bonds.